The summed E-state index contributed by atoms with van der Waals surface area (Å²) in [5.74, 6) is 3.06. The van der Waals surface area contributed by atoms with Gasteiger partial charge in [-0.3, -0.25) is 0 Å². The van der Waals surface area contributed by atoms with Crippen molar-refractivity contribution in [3.8, 4) is 0 Å². The highest BCUT2D eigenvalue weighted by Crippen LogP contribution is 2.16. The number of thioether (sulfide) groups is 1. The van der Waals surface area contributed by atoms with Gasteiger partial charge in [-0.25, -0.2) is 9.97 Å². The quantitative estimate of drug-likeness (QED) is 0.790. The van der Waals surface area contributed by atoms with E-state index in [9.17, 15) is 0 Å². The lowest BCUT2D eigenvalue weighted by molar-refractivity contribution is 0.659. The molecule has 90 valence electrons. The van der Waals surface area contributed by atoms with Gasteiger partial charge in [0, 0.05) is 24.8 Å². The maximum Gasteiger partial charge on any atom is 0.132 e. The summed E-state index contributed by atoms with van der Waals surface area (Å²) in [6, 6.07) is 2.56. The molecule has 1 rings (SSSR count). The minimum absolute atomic E-state index is 0.515. The normalized spacial score (nSPS) is 12.6. The van der Waals surface area contributed by atoms with Crippen molar-refractivity contribution in [1.82, 2.24) is 9.97 Å². The highest BCUT2D eigenvalue weighted by molar-refractivity contribution is 7.98. The summed E-state index contributed by atoms with van der Waals surface area (Å²) in [4.78, 5) is 11.0. The van der Waals surface area contributed by atoms with Crippen LogP contribution in [0.3, 0.4) is 0 Å². The van der Waals surface area contributed by atoms with Crippen LogP contribution in [0.1, 0.15) is 24.9 Å². The maximum atomic E-state index is 4.47. The Hall–Kier alpha value is -0.770. The van der Waals surface area contributed by atoms with Crippen LogP contribution in [0.25, 0.3) is 0 Å². The van der Waals surface area contributed by atoms with Crippen molar-refractivity contribution in [2.24, 2.45) is 0 Å². The van der Waals surface area contributed by atoms with Crippen LogP contribution < -0.4 is 4.90 Å². The average Bonchev–Trinajstić information content (AvgIpc) is 2.23. The molecule has 0 saturated carbocycles. The van der Waals surface area contributed by atoms with E-state index in [2.05, 4.69) is 35.1 Å². The van der Waals surface area contributed by atoms with Crippen molar-refractivity contribution < 1.29 is 0 Å². The monoisotopic (exact) mass is 239 g/mol. The molecule has 0 spiro atoms. The van der Waals surface area contributed by atoms with E-state index < -0.39 is 0 Å². The molecule has 0 aromatic carbocycles. The molecular formula is C12H21N3S. The summed E-state index contributed by atoms with van der Waals surface area (Å²) in [6.07, 6.45) is 3.32. The zero-order valence-corrected chi connectivity index (χ0v) is 11.6. The Bertz CT molecular complexity index is 321. The lowest BCUT2D eigenvalue weighted by atomic mass is 10.2. The highest BCUT2D eigenvalue weighted by Gasteiger charge is 2.11. The van der Waals surface area contributed by atoms with Gasteiger partial charge >= 0.3 is 0 Å². The third kappa shape index (κ3) is 3.67. The Labute approximate surface area is 103 Å². The van der Waals surface area contributed by atoms with Crippen molar-refractivity contribution in [1.29, 1.82) is 0 Å². The van der Waals surface area contributed by atoms with Crippen molar-refractivity contribution in [3.05, 3.63) is 17.6 Å². The van der Waals surface area contributed by atoms with Crippen LogP contribution in [0.4, 0.5) is 5.82 Å². The summed E-state index contributed by atoms with van der Waals surface area (Å²) in [7, 11) is 2.10. The van der Waals surface area contributed by atoms with E-state index in [4.69, 9.17) is 0 Å². The summed E-state index contributed by atoms with van der Waals surface area (Å²) < 4.78 is 0. The van der Waals surface area contributed by atoms with Gasteiger partial charge in [0.15, 0.2) is 0 Å². The zero-order valence-electron chi connectivity index (χ0n) is 10.8. The van der Waals surface area contributed by atoms with E-state index in [-0.39, 0.29) is 0 Å². The number of aryl methyl sites for hydroxylation is 2. The fraction of sp³-hybridized carbons (Fsp3) is 0.667. The van der Waals surface area contributed by atoms with Crippen LogP contribution in [0.2, 0.25) is 0 Å². The molecular weight excluding hydrogens is 218 g/mol. The molecule has 16 heavy (non-hydrogen) atoms. The summed E-state index contributed by atoms with van der Waals surface area (Å²) in [5, 5.41) is 0. The second-order valence-corrected chi connectivity index (χ2v) is 5.14. The van der Waals surface area contributed by atoms with Crippen molar-refractivity contribution in [2.45, 2.75) is 33.2 Å². The van der Waals surface area contributed by atoms with Gasteiger partial charge in [-0.2, -0.15) is 11.8 Å². The van der Waals surface area contributed by atoms with E-state index in [1.165, 1.54) is 12.2 Å². The standard InChI is InChI=1S/C12H21N3S/c1-9-8-12(14-11(3)13-9)15(4)10(2)6-7-16-5/h8,10H,6-7H2,1-5H3. The number of aromatic nitrogens is 2. The molecule has 0 aliphatic rings. The first-order valence-corrected chi connectivity index (χ1v) is 6.98. The molecule has 0 saturated heterocycles. The molecule has 1 unspecified atom stereocenters. The third-order valence-electron chi connectivity index (χ3n) is 2.71. The van der Waals surface area contributed by atoms with Gasteiger partial charge in [0.1, 0.15) is 11.6 Å². The molecule has 1 aromatic heterocycles. The highest BCUT2D eigenvalue weighted by atomic mass is 32.2. The number of rotatable bonds is 5. The van der Waals surface area contributed by atoms with Crippen LogP contribution in [0.15, 0.2) is 6.07 Å². The minimum atomic E-state index is 0.515. The van der Waals surface area contributed by atoms with E-state index in [0.29, 0.717) is 6.04 Å². The Balaban J connectivity index is 2.74. The molecule has 4 heteroatoms. The van der Waals surface area contributed by atoms with Crippen LogP contribution in [0.5, 0.6) is 0 Å². The Morgan fingerprint density at radius 2 is 2.06 bits per heavy atom. The van der Waals surface area contributed by atoms with E-state index in [1.807, 2.05) is 31.7 Å². The largest absolute Gasteiger partial charge is 0.357 e. The zero-order chi connectivity index (χ0) is 12.1. The number of hydrogen-bond donors (Lipinski definition) is 0. The average molecular weight is 239 g/mol. The fourth-order valence-corrected chi connectivity index (χ4v) is 2.16. The molecule has 1 heterocycles. The van der Waals surface area contributed by atoms with Crippen LogP contribution in [0, 0.1) is 13.8 Å². The van der Waals surface area contributed by atoms with E-state index >= 15 is 0 Å². The first kappa shape index (κ1) is 13.3. The lowest BCUT2D eigenvalue weighted by Gasteiger charge is -2.26. The van der Waals surface area contributed by atoms with Gasteiger partial charge in [0.2, 0.25) is 0 Å². The molecule has 3 nitrogen and oxygen atoms in total. The topological polar surface area (TPSA) is 29.0 Å². The Kier molecular flexibility index (Phi) is 5.06. The first-order valence-electron chi connectivity index (χ1n) is 5.58. The van der Waals surface area contributed by atoms with Gasteiger partial charge in [-0.1, -0.05) is 0 Å². The summed E-state index contributed by atoms with van der Waals surface area (Å²) in [6.45, 7) is 6.19. The van der Waals surface area contributed by atoms with E-state index in [0.717, 1.165) is 17.3 Å². The van der Waals surface area contributed by atoms with Gasteiger partial charge in [-0.15, -0.1) is 0 Å². The molecule has 0 N–H and O–H groups in total. The predicted molar refractivity (Wildman–Crippen MR) is 72.4 cm³/mol. The molecule has 0 fully saturated rings. The molecule has 1 aromatic rings. The summed E-state index contributed by atoms with van der Waals surface area (Å²) >= 11 is 1.89. The Morgan fingerprint density at radius 1 is 1.38 bits per heavy atom. The number of nitrogens with zero attached hydrogens (tertiary/aromatic N) is 3. The summed E-state index contributed by atoms with van der Waals surface area (Å²) in [5.41, 5.74) is 1.03. The second-order valence-electron chi connectivity index (χ2n) is 4.16. The van der Waals surface area contributed by atoms with Gasteiger partial charge in [0.05, 0.1) is 0 Å². The van der Waals surface area contributed by atoms with E-state index in [1.54, 1.807) is 0 Å². The molecule has 1 atom stereocenters. The van der Waals surface area contributed by atoms with Crippen LogP contribution in [-0.4, -0.2) is 35.1 Å². The molecule has 0 bridgehead atoms. The lowest BCUT2D eigenvalue weighted by Crippen LogP contribution is -2.30. The third-order valence-corrected chi connectivity index (χ3v) is 3.36. The predicted octanol–water partition coefficient (Wildman–Crippen LogP) is 2.67. The maximum absolute atomic E-state index is 4.47. The molecule has 0 aliphatic heterocycles. The van der Waals surface area contributed by atoms with Gasteiger partial charge in [0.25, 0.3) is 0 Å². The van der Waals surface area contributed by atoms with Crippen LogP contribution in [-0.2, 0) is 0 Å². The fourth-order valence-electron chi connectivity index (χ4n) is 1.59. The molecule has 0 amide bonds. The van der Waals surface area contributed by atoms with Crippen molar-refractivity contribution >= 4 is 17.6 Å². The molecule has 0 aliphatic carbocycles. The minimum Gasteiger partial charge on any atom is -0.357 e. The van der Waals surface area contributed by atoms with Gasteiger partial charge in [-0.05, 0) is 39.2 Å². The van der Waals surface area contributed by atoms with Gasteiger partial charge < -0.3 is 4.90 Å². The second kappa shape index (κ2) is 6.09. The Morgan fingerprint density at radius 3 is 2.62 bits per heavy atom. The van der Waals surface area contributed by atoms with Crippen molar-refractivity contribution in [3.63, 3.8) is 0 Å². The SMILES string of the molecule is CSCCC(C)N(C)c1cc(C)nc(C)n1. The molecule has 0 radical (unpaired) electrons. The first-order chi connectivity index (χ1) is 7.54. The smallest absolute Gasteiger partial charge is 0.132 e. The van der Waals surface area contributed by atoms with Crippen LogP contribution >= 0.6 is 11.8 Å². The van der Waals surface area contributed by atoms with Crippen molar-refractivity contribution in [2.75, 3.05) is 24.0 Å². The number of hydrogen-bond acceptors (Lipinski definition) is 4. The number of anilines is 1.